The summed E-state index contributed by atoms with van der Waals surface area (Å²) in [6.07, 6.45) is 0. The first kappa shape index (κ1) is 13.3. The number of rotatable bonds is 4. The Bertz CT molecular complexity index is 605. The third-order valence-corrected chi connectivity index (χ3v) is 2.96. The molecule has 0 fully saturated rings. The van der Waals surface area contributed by atoms with Crippen LogP contribution in [0.2, 0.25) is 0 Å². The summed E-state index contributed by atoms with van der Waals surface area (Å²) in [6.45, 7) is 1.68. The number of aromatic amines is 1. The van der Waals surface area contributed by atoms with Crippen LogP contribution in [-0.4, -0.2) is 25.5 Å². The van der Waals surface area contributed by atoms with Gasteiger partial charge in [-0.15, -0.1) is 10.2 Å². The van der Waals surface area contributed by atoms with Crippen molar-refractivity contribution in [2.45, 2.75) is 13.0 Å². The summed E-state index contributed by atoms with van der Waals surface area (Å²) in [4.78, 5) is 10.3. The number of aromatic nitrogens is 4. The molecule has 2 aromatic rings. The van der Waals surface area contributed by atoms with Gasteiger partial charge in [0, 0.05) is 12.1 Å². The number of anilines is 1. The van der Waals surface area contributed by atoms with E-state index in [2.05, 4.69) is 41.9 Å². The van der Waals surface area contributed by atoms with Crippen LogP contribution in [0.25, 0.3) is 0 Å². The molecule has 19 heavy (non-hydrogen) atoms. The summed E-state index contributed by atoms with van der Waals surface area (Å²) in [5.41, 5.74) is -0.202. The zero-order chi connectivity index (χ0) is 14.0. The molecule has 0 saturated carbocycles. The van der Waals surface area contributed by atoms with E-state index in [4.69, 9.17) is 0 Å². The maximum absolute atomic E-state index is 13.5. The Morgan fingerprint density at radius 1 is 1.58 bits per heavy atom. The average molecular weight is 331 g/mol. The lowest BCUT2D eigenvalue weighted by molar-refractivity contribution is -0.384. The van der Waals surface area contributed by atoms with Crippen molar-refractivity contribution in [1.82, 2.24) is 20.6 Å². The first-order chi connectivity index (χ1) is 8.99. The van der Waals surface area contributed by atoms with Crippen LogP contribution < -0.4 is 5.32 Å². The van der Waals surface area contributed by atoms with Gasteiger partial charge in [0.2, 0.25) is 0 Å². The SMILES string of the molecule is CC(Nc1cc(F)c(Br)cc1[N+](=O)[O-])c1nn[nH]n1. The number of tetrazole rings is 1. The number of halogens is 2. The Balaban J connectivity index is 2.33. The van der Waals surface area contributed by atoms with Crippen molar-refractivity contribution in [2.24, 2.45) is 0 Å². The zero-order valence-corrected chi connectivity index (χ0v) is 11.2. The minimum absolute atomic E-state index is 0.0250. The third kappa shape index (κ3) is 2.84. The Morgan fingerprint density at radius 2 is 2.32 bits per heavy atom. The Hall–Kier alpha value is -2.10. The number of nitrogens with one attached hydrogen (secondary N) is 2. The fourth-order valence-electron chi connectivity index (χ4n) is 1.45. The topological polar surface area (TPSA) is 110 Å². The maximum atomic E-state index is 13.5. The van der Waals surface area contributed by atoms with Gasteiger partial charge in [-0.25, -0.2) is 4.39 Å². The van der Waals surface area contributed by atoms with E-state index in [9.17, 15) is 14.5 Å². The van der Waals surface area contributed by atoms with Crippen molar-refractivity contribution in [1.29, 1.82) is 0 Å². The van der Waals surface area contributed by atoms with Crippen LogP contribution in [0.3, 0.4) is 0 Å². The van der Waals surface area contributed by atoms with Crippen molar-refractivity contribution in [3.63, 3.8) is 0 Å². The Kier molecular flexibility index (Phi) is 3.69. The summed E-state index contributed by atoms with van der Waals surface area (Å²) in [5.74, 6) is -0.286. The predicted molar refractivity (Wildman–Crippen MR) is 67.0 cm³/mol. The average Bonchev–Trinajstić information content (AvgIpc) is 2.86. The van der Waals surface area contributed by atoms with E-state index >= 15 is 0 Å². The molecule has 0 spiro atoms. The molecule has 0 aliphatic rings. The number of hydrogen-bond donors (Lipinski definition) is 2. The van der Waals surface area contributed by atoms with Gasteiger partial charge in [-0.05, 0) is 22.9 Å². The monoisotopic (exact) mass is 330 g/mol. The highest BCUT2D eigenvalue weighted by molar-refractivity contribution is 9.10. The number of H-pyrrole nitrogens is 1. The van der Waals surface area contributed by atoms with Crippen LogP contribution >= 0.6 is 15.9 Å². The smallest absolute Gasteiger partial charge is 0.293 e. The van der Waals surface area contributed by atoms with Crippen molar-refractivity contribution < 1.29 is 9.31 Å². The molecular formula is C9H8BrFN6O2. The second kappa shape index (κ2) is 5.26. The first-order valence-corrected chi connectivity index (χ1v) is 5.91. The van der Waals surface area contributed by atoms with E-state index in [-0.39, 0.29) is 15.8 Å². The second-order valence-corrected chi connectivity index (χ2v) is 4.53. The largest absolute Gasteiger partial charge is 0.370 e. The molecular weight excluding hydrogens is 323 g/mol. The highest BCUT2D eigenvalue weighted by atomic mass is 79.9. The predicted octanol–water partition coefficient (Wildman–Crippen LogP) is 2.18. The Morgan fingerprint density at radius 3 is 2.89 bits per heavy atom. The van der Waals surface area contributed by atoms with Gasteiger partial charge < -0.3 is 5.32 Å². The molecule has 1 atom stereocenters. The van der Waals surface area contributed by atoms with Crippen LogP contribution in [0, 0.1) is 15.9 Å². The molecule has 1 unspecified atom stereocenters. The minimum atomic E-state index is -0.603. The fraction of sp³-hybridized carbons (Fsp3) is 0.222. The normalized spacial score (nSPS) is 12.2. The van der Waals surface area contributed by atoms with Gasteiger partial charge in [0.15, 0.2) is 5.82 Å². The van der Waals surface area contributed by atoms with Gasteiger partial charge in [0.25, 0.3) is 5.69 Å². The van der Waals surface area contributed by atoms with E-state index in [0.29, 0.717) is 5.82 Å². The standard InChI is InChI=1S/C9H8BrFN6O2/c1-4(9-13-15-16-14-9)12-7-3-6(11)5(10)2-8(7)17(18)19/h2-4,12H,1H3,(H,13,14,15,16). The summed E-state index contributed by atoms with van der Waals surface area (Å²) in [7, 11) is 0. The van der Waals surface area contributed by atoms with Crippen molar-refractivity contribution in [2.75, 3.05) is 5.32 Å². The lowest BCUT2D eigenvalue weighted by Crippen LogP contribution is -2.10. The number of hydrogen-bond acceptors (Lipinski definition) is 6. The molecule has 1 heterocycles. The summed E-state index contributed by atoms with van der Waals surface area (Å²) >= 11 is 2.91. The molecule has 0 radical (unpaired) electrons. The zero-order valence-electron chi connectivity index (χ0n) is 9.59. The highest BCUT2D eigenvalue weighted by Crippen LogP contribution is 2.32. The van der Waals surface area contributed by atoms with Gasteiger partial charge in [0.05, 0.1) is 15.4 Å². The van der Waals surface area contributed by atoms with Gasteiger partial charge in [-0.3, -0.25) is 10.1 Å². The third-order valence-electron chi connectivity index (χ3n) is 2.36. The van der Waals surface area contributed by atoms with Gasteiger partial charge >= 0.3 is 0 Å². The van der Waals surface area contributed by atoms with E-state index in [0.717, 1.165) is 12.1 Å². The molecule has 0 amide bonds. The van der Waals surface area contributed by atoms with E-state index in [1.807, 2.05) is 0 Å². The van der Waals surface area contributed by atoms with Crippen molar-refractivity contribution >= 4 is 27.3 Å². The highest BCUT2D eigenvalue weighted by Gasteiger charge is 2.20. The number of nitrogens with zero attached hydrogens (tertiary/aromatic N) is 4. The lowest BCUT2D eigenvalue weighted by Gasteiger charge is -2.12. The van der Waals surface area contributed by atoms with Gasteiger partial charge in [0.1, 0.15) is 11.5 Å². The lowest BCUT2D eigenvalue weighted by atomic mass is 10.2. The molecule has 2 rings (SSSR count). The number of nitro benzene ring substituents is 1. The van der Waals surface area contributed by atoms with Crippen LogP contribution in [0.1, 0.15) is 18.8 Å². The van der Waals surface area contributed by atoms with Crippen LogP contribution in [0.15, 0.2) is 16.6 Å². The quantitative estimate of drug-likeness (QED) is 0.656. The van der Waals surface area contributed by atoms with Gasteiger partial charge in [-0.1, -0.05) is 5.21 Å². The molecule has 1 aromatic heterocycles. The van der Waals surface area contributed by atoms with Crippen LogP contribution in [-0.2, 0) is 0 Å². The Labute approximate surface area is 114 Å². The van der Waals surface area contributed by atoms with E-state index in [1.54, 1.807) is 6.92 Å². The molecule has 0 bridgehead atoms. The fourth-order valence-corrected chi connectivity index (χ4v) is 1.79. The minimum Gasteiger partial charge on any atom is -0.370 e. The van der Waals surface area contributed by atoms with Crippen LogP contribution in [0.5, 0.6) is 0 Å². The number of nitro groups is 1. The van der Waals surface area contributed by atoms with Gasteiger partial charge in [-0.2, -0.15) is 5.21 Å². The maximum Gasteiger partial charge on any atom is 0.293 e. The summed E-state index contributed by atoms with van der Waals surface area (Å²) < 4.78 is 13.5. The summed E-state index contributed by atoms with van der Waals surface area (Å²) in [5, 5.41) is 26.8. The van der Waals surface area contributed by atoms with E-state index in [1.165, 1.54) is 0 Å². The molecule has 1 aromatic carbocycles. The number of benzene rings is 1. The molecule has 100 valence electrons. The second-order valence-electron chi connectivity index (χ2n) is 3.68. The molecule has 10 heteroatoms. The first-order valence-electron chi connectivity index (χ1n) is 5.12. The van der Waals surface area contributed by atoms with Crippen LogP contribution in [0.4, 0.5) is 15.8 Å². The molecule has 0 aliphatic carbocycles. The van der Waals surface area contributed by atoms with E-state index < -0.39 is 16.8 Å². The molecule has 0 aliphatic heterocycles. The van der Waals surface area contributed by atoms with Crippen molar-refractivity contribution in [3.05, 3.63) is 38.4 Å². The molecule has 2 N–H and O–H groups in total. The molecule has 0 saturated heterocycles. The van der Waals surface area contributed by atoms with Crippen molar-refractivity contribution in [3.8, 4) is 0 Å². The molecule has 8 nitrogen and oxygen atoms in total. The summed E-state index contributed by atoms with van der Waals surface area (Å²) in [6, 6.07) is 1.68.